The van der Waals surface area contributed by atoms with Gasteiger partial charge in [0.1, 0.15) is 0 Å². The Balaban J connectivity index is 1.86. The molecule has 2 heterocycles. The van der Waals surface area contributed by atoms with E-state index in [0.29, 0.717) is 10.8 Å². The van der Waals surface area contributed by atoms with Gasteiger partial charge in [0.2, 0.25) is 0 Å². The fourth-order valence-corrected chi connectivity index (χ4v) is 3.42. The van der Waals surface area contributed by atoms with Gasteiger partial charge in [0.05, 0.1) is 6.61 Å². The van der Waals surface area contributed by atoms with Crippen LogP contribution < -0.4 is 5.32 Å². The number of hydrogen-bond acceptors (Lipinski definition) is 3. The third-order valence-corrected chi connectivity index (χ3v) is 5.21. The largest absolute Gasteiger partial charge is 0.381 e. The molecule has 18 heavy (non-hydrogen) atoms. The molecule has 2 aliphatic rings. The molecule has 0 radical (unpaired) electrons. The van der Waals surface area contributed by atoms with Gasteiger partial charge in [-0.05, 0) is 44.8 Å². The van der Waals surface area contributed by atoms with E-state index in [1.54, 1.807) is 0 Å². The smallest absolute Gasteiger partial charge is 0.0547 e. The maximum atomic E-state index is 5.65. The molecule has 1 unspecified atom stereocenters. The molecule has 2 saturated heterocycles. The highest BCUT2D eigenvalue weighted by molar-refractivity contribution is 4.90. The van der Waals surface area contributed by atoms with Crippen LogP contribution in [0.25, 0.3) is 0 Å². The Kier molecular flexibility index (Phi) is 4.68. The average Bonchev–Trinajstić information content (AvgIpc) is 2.82. The number of likely N-dealkylation sites (tertiary alicyclic amines) is 1. The normalized spacial score (nSPS) is 32.8. The van der Waals surface area contributed by atoms with Crippen LogP contribution in [0.3, 0.4) is 0 Å². The van der Waals surface area contributed by atoms with Gasteiger partial charge >= 0.3 is 0 Å². The maximum Gasteiger partial charge on any atom is 0.0547 e. The van der Waals surface area contributed by atoms with E-state index in [-0.39, 0.29) is 0 Å². The Hall–Kier alpha value is -0.120. The van der Waals surface area contributed by atoms with Crippen LogP contribution in [0.15, 0.2) is 0 Å². The molecule has 0 bridgehead atoms. The predicted octanol–water partition coefficient (Wildman–Crippen LogP) is 2.12. The Labute approximate surface area is 112 Å². The second kappa shape index (κ2) is 5.89. The molecule has 2 rings (SSSR count). The van der Waals surface area contributed by atoms with E-state index < -0.39 is 0 Å². The molecular weight excluding hydrogens is 224 g/mol. The lowest BCUT2D eigenvalue weighted by atomic mass is 9.77. The van der Waals surface area contributed by atoms with E-state index in [0.717, 1.165) is 19.8 Å². The van der Waals surface area contributed by atoms with Crippen molar-refractivity contribution < 1.29 is 4.74 Å². The van der Waals surface area contributed by atoms with Gasteiger partial charge in [-0.25, -0.2) is 0 Å². The second-order valence-electron chi connectivity index (χ2n) is 6.77. The summed E-state index contributed by atoms with van der Waals surface area (Å²) >= 11 is 0. The number of nitrogens with zero attached hydrogens (tertiary/aromatic N) is 1. The molecule has 106 valence electrons. The van der Waals surface area contributed by atoms with Gasteiger partial charge < -0.3 is 15.0 Å². The summed E-state index contributed by atoms with van der Waals surface area (Å²) in [6, 6.07) is 0. The van der Waals surface area contributed by atoms with Gasteiger partial charge in [0, 0.05) is 25.1 Å². The van der Waals surface area contributed by atoms with Crippen molar-refractivity contribution in [2.75, 3.05) is 46.4 Å². The van der Waals surface area contributed by atoms with Crippen molar-refractivity contribution in [2.45, 2.75) is 39.5 Å². The van der Waals surface area contributed by atoms with Crippen molar-refractivity contribution in [1.82, 2.24) is 10.2 Å². The molecule has 0 amide bonds. The summed E-state index contributed by atoms with van der Waals surface area (Å²) in [5.41, 5.74) is 0.966. The van der Waals surface area contributed by atoms with E-state index in [1.165, 1.54) is 45.3 Å². The van der Waals surface area contributed by atoms with Crippen molar-refractivity contribution in [1.29, 1.82) is 0 Å². The highest BCUT2D eigenvalue weighted by atomic mass is 16.5. The first-order chi connectivity index (χ1) is 8.61. The van der Waals surface area contributed by atoms with Gasteiger partial charge in [-0.3, -0.25) is 0 Å². The van der Waals surface area contributed by atoms with Crippen LogP contribution in [-0.4, -0.2) is 51.3 Å². The standard InChI is InChI=1S/C15H30N2O/c1-4-14(2)5-8-17(9-6-14)12-15(11-16-3)7-10-18-13-15/h16H,4-13H2,1-3H3. The number of piperidine rings is 1. The quantitative estimate of drug-likeness (QED) is 0.813. The third-order valence-electron chi connectivity index (χ3n) is 5.21. The van der Waals surface area contributed by atoms with Gasteiger partial charge in [-0.15, -0.1) is 0 Å². The fraction of sp³-hybridized carbons (Fsp3) is 1.00. The van der Waals surface area contributed by atoms with Crippen LogP contribution >= 0.6 is 0 Å². The van der Waals surface area contributed by atoms with Gasteiger partial charge in [0.15, 0.2) is 0 Å². The van der Waals surface area contributed by atoms with Crippen molar-refractivity contribution in [2.24, 2.45) is 10.8 Å². The third kappa shape index (κ3) is 3.25. The zero-order valence-corrected chi connectivity index (χ0v) is 12.4. The van der Waals surface area contributed by atoms with Crippen LogP contribution in [-0.2, 0) is 4.74 Å². The Morgan fingerprint density at radius 2 is 1.94 bits per heavy atom. The van der Waals surface area contributed by atoms with Crippen LogP contribution in [0.4, 0.5) is 0 Å². The monoisotopic (exact) mass is 254 g/mol. The fourth-order valence-electron chi connectivity index (χ4n) is 3.42. The minimum Gasteiger partial charge on any atom is -0.381 e. The molecule has 0 spiro atoms. The van der Waals surface area contributed by atoms with Crippen LogP contribution in [0.1, 0.15) is 39.5 Å². The zero-order chi connectivity index (χ0) is 13.1. The molecule has 1 atom stereocenters. The summed E-state index contributed by atoms with van der Waals surface area (Å²) in [7, 11) is 2.06. The Morgan fingerprint density at radius 1 is 1.22 bits per heavy atom. The van der Waals surface area contributed by atoms with E-state index in [4.69, 9.17) is 4.74 Å². The molecule has 0 aliphatic carbocycles. The number of rotatable bonds is 5. The first kappa shape index (κ1) is 14.3. The predicted molar refractivity (Wildman–Crippen MR) is 75.9 cm³/mol. The summed E-state index contributed by atoms with van der Waals surface area (Å²) in [5.74, 6) is 0. The average molecular weight is 254 g/mol. The summed E-state index contributed by atoms with van der Waals surface area (Å²) < 4.78 is 5.65. The molecule has 0 aromatic carbocycles. The summed E-state index contributed by atoms with van der Waals surface area (Å²) in [6.45, 7) is 11.5. The van der Waals surface area contributed by atoms with Gasteiger partial charge in [-0.2, -0.15) is 0 Å². The van der Waals surface area contributed by atoms with E-state index in [2.05, 4.69) is 31.1 Å². The van der Waals surface area contributed by atoms with Crippen LogP contribution in [0.2, 0.25) is 0 Å². The highest BCUT2D eigenvalue weighted by Gasteiger charge is 2.38. The molecular formula is C15H30N2O. The van der Waals surface area contributed by atoms with Gasteiger partial charge in [0.25, 0.3) is 0 Å². The van der Waals surface area contributed by atoms with Crippen molar-refractivity contribution in [3.63, 3.8) is 0 Å². The topological polar surface area (TPSA) is 24.5 Å². The lowest BCUT2D eigenvalue weighted by molar-refractivity contribution is 0.0623. The summed E-state index contributed by atoms with van der Waals surface area (Å²) in [5, 5.41) is 3.36. The molecule has 2 aliphatic heterocycles. The number of nitrogens with one attached hydrogen (secondary N) is 1. The molecule has 1 N–H and O–H groups in total. The molecule has 3 nitrogen and oxygen atoms in total. The van der Waals surface area contributed by atoms with Crippen molar-refractivity contribution in [3.8, 4) is 0 Å². The van der Waals surface area contributed by atoms with Crippen LogP contribution in [0.5, 0.6) is 0 Å². The lowest BCUT2D eigenvalue weighted by Crippen LogP contribution is -2.48. The van der Waals surface area contributed by atoms with Gasteiger partial charge in [-0.1, -0.05) is 20.3 Å². The molecule has 0 aromatic heterocycles. The van der Waals surface area contributed by atoms with Crippen LogP contribution in [0, 0.1) is 10.8 Å². The Morgan fingerprint density at radius 3 is 2.44 bits per heavy atom. The molecule has 2 fully saturated rings. The highest BCUT2D eigenvalue weighted by Crippen LogP contribution is 2.36. The summed E-state index contributed by atoms with van der Waals surface area (Å²) in [6.07, 6.45) is 5.26. The molecule has 0 aromatic rings. The van der Waals surface area contributed by atoms with Crippen molar-refractivity contribution >= 4 is 0 Å². The lowest BCUT2D eigenvalue weighted by Gasteiger charge is -2.42. The second-order valence-corrected chi connectivity index (χ2v) is 6.77. The van der Waals surface area contributed by atoms with E-state index in [9.17, 15) is 0 Å². The SMILES string of the molecule is CCC1(C)CCN(CC2(CNC)CCOC2)CC1. The first-order valence-electron chi connectivity index (χ1n) is 7.56. The summed E-state index contributed by atoms with van der Waals surface area (Å²) in [4.78, 5) is 2.67. The first-order valence-corrected chi connectivity index (χ1v) is 7.56. The Bertz CT molecular complexity index is 253. The van der Waals surface area contributed by atoms with E-state index >= 15 is 0 Å². The molecule has 3 heteroatoms. The van der Waals surface area contributed by atoms with Crippen molar-refractivity contribution in [3.05, 3.63) is 0 Å². The molecule has 0 saturated carbocycles. The zero-order valence-electron chi connectivity index (χ0n) is 12.4. The van der Waals surface area contributed by atoms with E-state index in [1.807, 2.05) is 0 Å². The minimum atomic E-state index is 0.370. The number of hydrogen-bond donors (Lipinski definition) is 1. The minimum absolute atomic E-state index is 0.370. The number of ether oxygens (including phenoxy) is 1. The maximum absolute atomic E-state index is 5.65.